The van der Waals surface area contributed by atoms with Gasteiger partial charge in [0.05, 0.1) is 5.69 Å². The molecule has 0 bridgehead atoms. The van der Waals surface area contributed by atoms with Gasteiger partial charge in [0.1, 0.15) is 5.75 Å². The molecule has 0 atom stereocenters. The zero-order chi connectivity index (χ0) is 16.6. The molecule has 2 nitrogen and oxygen atoms in total. The molecule has 0 spiro atoms. The molecule has 0 unspecified atom stereocenters. The Hall–Kier alpha value is -2.74. The summed E-state index contributed by atoms with van der Waals surface area (Å²) >= 11 is 0. The molecule has 2 N–H and O–H groups in total. The normalized spacial score (nSPS) is 10.5. The third-order valence-electron chi connectivity index (χ3n) is 4.16. The van der Waals surface area contributed by atoms with Crippen LogP contribution in [0, 0.1) is 0 Å². The lowest BCUT2D eigenvalue weighted by Gasteiger charge is -2.10. The number of hydrogen-bond acceptors (Lipinski definition) is 2. The maximum Gasteiger partial charge on any atom is 0.139 e. The van der Waals surface area contributed by atoms with Crippen molar-refractivity contribution in [2.75, 3.05) is 11.9 Å². The lowest BCUT2D eigenvalue weighted by Crippen LogP contribution is -2.02. The average Bonchev–Trinajstić information content (AvgIpc) is 2.64. The van der Waals surface area contributed by atoms with Gasteiger partial charge in [0, 0.05) is 6.54 Å². The predicted molar refractivity (Wildman–Crippen MR) is 101 cm³/mol. The minimum atomic E-state index is 0.305. The summed E-state index contributed by atoms with van der Waals surface area (Å²) in [7, 11) is 0. The van der Waals surface area contributed by atoms with Gasteiger partial charge < -0.3 is 10.4 Å². The number of phenolic OH excluding ortho intramolecular Hbond substituents is 1. The first kappa shape index (κ1) is 16.1. The molecule has 0 aliphatic heterocycles. The SMILES string of the molecule is Oc1cc(-c2ccccc2)ccc1NCCCCc1ccccc1. The maximum absolute atomic E-state index is 10.2. The number of phenols is 1. The van der Waals surface area contributed by atoms with E-state index >= 15 is 0 Å². The lowest BCUT2D eigenvalue weighted by molar-refractivity contribution is 0.477. The zero-order valence-corrected chi connectivity index (χ0v) is 13.8. The second-order valence-corrected chi connectivity index (χ2v) is 5.97. The van der Waals surface area contributed by atoms with Crippen LogP contribution in [-0.4, -0.2) is 11.7 Å². The van der Waals surface area contributed by atoms with Crippen molar-refractivity contribution in [2.45, 2.75) is 19.3 Å². The second-order valence-electron chi connectivity index (χ2n) is 5.97. The third kappa shape index (κ3) is 4.39. The number of hydrogen-bond donors (Lipinski definition) is 2. The summed E-state index contributed by atoms with van der Waals surface area (Å²) in [6.45, 7) is 0.866. The average molecular weight is 317 g/mol. The molecule has 0 aromatic heterocycles. The lowest BCUT2D eigenvalue weighted by atomic mass is 10.0. The number of aromatic hydroxyl groups is 1. The van der Waals surface area contributed by atoms with Gasteiger partial charge in [0.2, 0.25) is 0 Å². The van der Waals surface area contributed by atoms with Crippen LogP contribution in [0.1, 0.15) is 18.4 Å². The summed E-state index contributed by atoms with van der Waals surface area (Å²) in [6.07, 6.45) is 3.32. The van der Waals surface area contributed by atoms with Crippen LogP contribution < -0.4 is 5.32 Å². The molecule has 0 saturated carbocycles. The predicted octanol–water partition coefficient (Wildman–Crippen LogP) is 5.49. The highest BCUT2D eigenvalue weighted by molar-refractivity contribution is 5.70. The van der Waals surface area contributed by atoms with Crippen LogP contribution in [0.3, 0.4) is 0 Å². The first-order valence-corrected chi connectivity index (χ1v) is 8.49. The molecular formula is C22H23NO. The van der Waals surface area contributed by atoms with Crippen LogP contribution in [0.25, 0.3) is 11.1 Å². The molecule has 0 aliphatic rings. The molecule has 0 aliphatic carbocycles. The number of rotatable bonds is 7. The van der Waals surface area contributed by atoms with Gasteiger partial charge in [-0.05, 0) is 48.1 Å². The van der Waals surface area contributed by atoms with Gasteiger partial charge in [0.25, 0.3) is 0 Å². The Labute approximate surface area is 143 Å². The van der Waals surface area contributed by atoms with E-state index < -0.39 is 0 Å². The Balaban J connectivity index is 1.49. The highest BCUT2D eigenvalue weighted by atomic mass is 16.3. The van der Waals surface area contributed by atoms with Gasteiger partial charge in [0.15, 0.2) is 0 Å². The monoisotopic (exact) mass is 317 g/mol. The highest BCUT2D eigenvalue weighted by Gasteiger charge is 2.04. The molecule has 3 aromatic carbocycles. The Bertz CT molecular complexity index is 753. The van der Waals surface area contributed by atoms with E-state index in [0.717, 1.165) is 42.6 Å². The molecule has 3 aromatic rings. The smallest absolute Gasteiger partial charge is 0.139 e. The van der Waals surface area contributed by atoms with E-state index in [4.69, 9.17) is 0 Å². The Morgan fingerprint density at radius 2 is 1.42 bits per heavy atom. The van der Waals surface area contributed by atoms with Gasteiger partial charge in [-0.3, -0.25) is 0 Å². The van der Waals surface area contributed by atoms with Crippen molar-refractivity contribution in [3.05, 3.63) is 84.4 Å². The second kappa shape index (κ2) is 8.21. The highest BCUT2D eigenvalue weighted by Crippen LogP contribution is 2.29. The first-order chi connectivity index (χ1) is 11.8. The van der Waals surface area contributed by atoms with Crippen molar-refractivity contribution >= 4 is 5.69 Å². The van der Waals surface area contributed by atoms with E-state index in [9.17, 15) is 5.11 Å². The van der Waals surface area contributed by atoms with Crippen LogP contribution in [-0.2, 0) is 6.42 Å². The van der Waals surface area contributed by atoms with Crippen molar-refractivity contribution in [3.8, 4) is 16.9 Å². The molecule has 0 fully saturated rings. The summed E-state index contributed by atoms with van der Waals surface area (Å²) in [5.41, 5.74) is 4.33. The van der Waals surface area contributed by atoms with E-state index in [0.29, 0.717) is 5.75 Å². The summed E-state index contributed by atoms with van der Waals surface area (Å²) in [5, 5.41) is 13.6. The van der Waals surface area contributed by atoms with Crippen molar-refractivity contribution in [1.82, 2.24) is 0 Å². The standard InChI is InChI=1S/C22H23NO/c24-22-17-20(19-12-5-2-6-13-19)14-15-21(22)23-16-8-7-11-18-9-3-1-4-10-18/h1-6,9-10,12-15,17,23-24H,7-8,11,16H2. The summed E-state index contributed by atoms with van der Waals surface area (Å²) in [6, 6.07) is 26.5. The van der Waals surface area contributed by atoms with Crippen LogP contribution >= 0.6 is 0 Å². The van der Waals surface area contributed by atoms with E-state index in [1.165, 1.54) is 5.56 Å². The van der Waals surface area contributed by atoms with Crippen LogP contribution in [0.15, 0.2) is 78.9 Å². The largest absolute Gasteiger partial charge is 0.506 e. The number of unbranched alkanes of at least 4 members (excludes halogenated alkanes) is 1. The van der Waals surface area contributed by atoms with Gasteiger partial charge >= 0.3 is 0 Å². The van der Waals surface area contributed by atoms with Crippen LogP contribution in [0.4, 0.5) is 5.69 Å². The fourth-order valence-corrected chi connectivity index (χ4v) is 2.81. The summed E-state index contributed by atoms with van der Waals surface area (Å²) < 4.78 is 0. The van der Waals surface area contributed by atoms with Gasteiger partial charge in [-0.25, -0.2) is 0 Å². The van der Waals surface area contributed by atoms with Gasteiger partial charge in [-0.2, -0.15) is 0 Å². The van der Waals surface area contributed by atoms with E-state index in [1.54, 1.807) is 0 Å². The third-order valence-corrected chi connectivity index (χ3v) is 4.16. The van der Waals surface area contributed by atoms with Gasteiger partial charge in [-0.1, -0.05) is 66.7 Å². The minimum Gasteiger partial charge on any atom is -0.506 e. The van der Waals surface area contributed by atoms with Gasteiger partial charge in [-0.15, -0.1) is 0 Å². The Kier molecular flexibility index (Phi) is 5.52. The minimum absolute atomic E-state index is 0.305. The first-order valence-electron chi connectivity index (χ1n) is 8.49. The molecule has 2 heteroatoms. The fourth-order valence-electron chi connectivity index (χ4n) is 2.81. The number of nitrogens with one attached hydrogen (secondary N) is 1. The summed E-state index contributed by atoms with van der Waals surface area (Å²) in [5.74, 6) is 0.305. The molecule has 0 saturated heterocycles. The molecule has 24 heavy (non-hydrogen) atoms. The molecule has 3 rings (SSSR count). The van der Waals surface area contributed by atoms with E-state index in [2.05, 4.69) is 29.6 Å². The Morgan fingerprint density at radius 1 is 0.708 bits per heavy atom. The van der Waals surface area contributed by atoms with Crippen molar-refractivity contribution in [3.63, 3.8) is 0 Å². The van der Waals surface area contributed by atoms with Crippen molar-refractivity contribution in [2.24, 2.45) is 0 Å². The summed E-state index contributed by atoms with van der Waals surface area (Å²) in [4.78, 5) is 0. The van der Waals surface area contributed by atoms with Crippen LogP contribution in [0.5, 0.6) is 5.75 Å². The molecule has 0 radical (unpaired) electrons. The fraction of sp³-hybridized carbons (Fsp3) is 0.182. The molecule has 122 valence electrons. The van der Waals surface area contributed by atoms with Crippen molar-refractivity contribution < 1.29 is 5.11 Å². The molecular weight excluding hydrogens is 294 g/mol. The Morgan fingerprint density at radius 3 is 2.12 bits per heavy atom. The van der Waals surface area contributed by atoms with Crippen molar-refractivity contribution in [1.29, 1.82) is 0 Å². The molecule has 0 heterocycles. The van der Waals surface area contributed by atoms with E-state index in [1.807, 2.05) is 54.6 Å². The maximum atomic E-state index is 10.2. The van der Waals surface area contributed by atoms with Crippen LogP contribution in [0.2, 0.25) is 0 Å². The number of benzene rings is 3. The topological polar surface area (TPSA) is 32.3 Å². The zero-order valence-electron chi connectivity index (χ0n) is 13.8. The number of aryl methyl sites for hydroxylation is 1. The van der Waals surface area contributed by atoms with E-state index in [-0.39, 0.29) is 0 Å². The quantitative estimate of drug-likeness (QED) is 0.446. The number of anilines is 1. The molecule has 0 amide bonds.